The van der Waals surface area contributed by atoms with E-state index in [1.807, 2.05) is 0 Å². The molecule has 11 heteroatoms. The lowest BCUT2D eigenvalue weighted by atomic mass is 10.1. The summed E-state index contributed by atoms with van der Waals surface area (Å²) in [5.41, 5.74) is 2.13. The summed E-state index contributed by atoms with van der Waals surface area (Å²) < 4.78 is 9.75. The van der Waals surface area contributed by atoms with Gasteiger partial charge in [0.1, 0.15) is 17.8 Å². The summed E-state index contributed by atoms with van der Waals surface area (Å²) in [6.45, 7) is 1.48. The third-order valence-electron chi connectivity index (χ3n) is 3.33. The predicted octanol–water partition coefficient (Wildman–Crippen LogP) is -0.00358. The second-order valence-corrected chi connectivity index (χ2v) is 6.11. The lowest BCUT2D eigenvalue weighted by Crippen LogP contribution is -2.54. The summed E-state index contributed by atoms with van der Waals surface area (Å²) >= 11 is 1.33. The third kappa shape index (κ3) is 5.36. The number of nitrogens with one attached hydrogen (secondary N) is 2. The Morgan fingerprint density at radius 3 is 2.65 bits per heavy atom. The summed E-state index contributed by atoms with van der Waals surface area (Å²) in [4.78, 5) is 40.0. The van der Waals surface area contributed by atoms with Gasteiger partial charge in [0.15, 0.2) is 5.69 Å². The molecule has 0 aliphatic heterocycles. The van der Waals surface area contributed by atoms with Crippen molar-refractivity contribution < 1.29 is 28.8 Å². The van der Waals surface area contributed by atoms with Gasteiger partial charge in [0, 0.05) is 25.0 Å². The van der Waals surface area contributed by atoms with Crippen LogP contribution in [0.5, 0.6) is 0 Å². The summed E-state index contributed by atoms with van der Waals surface area (Å²) in [6.07, 6.45) is 0.0285. The average molecular weight is 382 g/mol. The molecule has 2 amide bonds. The van der Waals surface area contributed by atoms with Crippen molar-refractivity contribution >= 4 is 29.1 Å². The summed E-state index contributed by atoms with van der Waals surface area (Å²) in [7, 11) is 1.36. The van der Waals surface area contributed by atoms with Crippen molar-refractivity contribution in [1.29, 1.82) is 0 Å². The van der Waals surface area contributed by atoms with Crippen molar-refractivity contribution in [3.05, 3.63) is 34.1 Å². The molecule has 1 unspecified atom stereocenters. The van der Waals surface area contributed by atoms with Crippen LogP contribution < -0.4 is 10.6 Å². The minimum absolute atomic E-state index is 0.00802. The van der Waals surface area contributed by atoms with E-state index < -0.39 is 29.9 Å². The van der Waals surface area contributed by atoms with E-state index >= 15 is 0 Å². The van der Waals surface area contributed by atoms with Crippen molar-refractivity contribution in [3.8, 4) is 0 Å². The van der Waals surface area contributed by atoms with Crippen molar-refractivity contribution in [1.82, 2.24) is 20.8 Å². The molecule has 2 aromatic rings. The second kappa shape index (κ2) is 9.06. The van der Waals surface area contributed by atoms with Crippen molar-refractivity contribution in [2.45, 2.75) is 25.4 Å². The number of methoxy groups -OCH3 is 1. The van der Waals surface area contributed by atoms with Crippen LogP contribution in [0.3, 0.4) is 0 Å². The van der Waals surface area contributed by atoms with Gasteiger partial charge < -0.3 is 25.0 Å². The van der Waals surface area contributed by atoms with Gasteiger partial charge in [-0.3, -0.25) is 9.59 Å². The van der Waals surface area contributed by atoms with Gasteiger partial charge in [-0.1, -0.05) is 5.16 Å². The van der Waals surface area contributed by atoms with Crippen LogP contribution in [0.25, 0.3) is 0 Å². The van der Waals surface area contributed by atoms with Crippen LogP contribution in [0.15, 0.2) is 21.5 Å². The zero-order valence-electron chi connectivity index (χ0n) is 14.1. The second-order valence-electron chi connectivity index (χ2n) is 5.39. The molecule has 0 aromatic carbocycles. The molecule has 3 N–H and O–H groups in total. The number of amides is 2. The lowest BCUT2D eigenvalue weighted by molar-refractivity contribution is -0.142. The van der Waals surface area contributed by atoms with Crippen LogP contribution >= 0.6 is 11.3 Å². The zero-order chi connectivity index (χ0) is 19.1. The molecular weight excluding hydrogens is 364 g/mol. The van der Waals surface area contributed by atoms with Crippen LogP contribution in [0.2, 0.25) is 0 Å². The SMILES string of the molecule is COC[C@H](NC(=O)c1cc(C)on1)C(=O)NC(Cc1cscn1)C(=O)O. The molecule has 0 spiro atoms. The van der Waals surface area contributed by atoms with Crippen LogP contribution in [0.1, 0.15) is 21.9 Å². The van der Waals surface area contributed by atoms with E-state index in [1.54, 1.807) is 17.8 Å². The highest BCUT2D eigenvalue weighted by molar-refractivity contribution is 7.07. The normalized spacial score (nSPS) is 13.0. The molecule has 2 rings (SSSR count). The first kappa shape index (κ1) is 19.5. The average Bonchev–Trinajstić information content (AvgIpc) is 3.25. The van der Waals surface area contributed by atoms with Gasteiger partial charge in [0.25, 0.3) is 5.91 Å². The van der Waals surface area contributed by atoms with E-state index in [1.165, 1.54) is 24.5 Å². The van der Waals surface area contributed by atoms with Crippen molar-refractivity contribution in [3.63, 3.8) is 0 Å². The summed E-state index contributed by atoms with van der Waals surface area (Å²) in [5, 5.41) is 19.4. The zero-order valence-corrected chi connectivity index (χ0v) is 14.9. The molecule has 0 bridgehead atoms. The molecule has 26 heavy (non-hydrogen) atoms. The molecular formula is C15H18N4O6S. The lowest BCUT2D eigenvalue weighted by Gasteiger charge is -2.20. The Morgan fingerprint density at radius 2 is 2.12 bits per heavy atom. The standard InChI is InChI=1S/C15H18N4O6S/c1-8-3-10(19-25-8)13(20)18-12(5-24-2)14(21)17-11(15(22)23)4-9-6-26-7-16-9/h3,6-7,11-12H,4-5H2,1-2H3,(H,17,21)(H,18,20)(H,22,23)/t11?,12-/m0/s1. The maximum Gasteiger partial charge on any atom is 0.326 e. The predicted molar refractivity (Wildman–Crippen MR) is 89.8 cm³/mol. The molecule has 2 heterocycles. The molecule has 0 radical (unpaired) electrons. The van der Waals surface area contributed by atoms with Gasteiger partial charge in [-0.15, -0.1) is 11.3 Å². The van der Waals surface area contributed by atoms with E-state index in [0.29, 0.717) is 11.5 Å². The van der Waals surface area contributed by atoms with Crippen LogP contribution in [0.4, 0.5) is 0 Å². The maximum absolute atomic E-state index is 12.4. The molecule has 2 atom stereocenters. The summed E-state index contributed by atoms with van der Waals surface area (Å²) in [6, 6.07) is -0.865. The molecule has 0 saturated heterocycles. The van der Waals surface area contributed by atoms with E-state index in [4.69, 9.17) is 9.26 Å². The third-order valence-corrected chi connectivity index (χ3v) is 3.96. The van der Waals surface area contributed by atoms with E-state index in [9.17, 15) is 19.5 Å². The minimum atomic E-state index is -1.21. The number of hydrogen-bond acceptors (Lipinski definition) is 8. The first-order valence-corrected chi connectivity index (χ1v) is 8.48. The number of thiazole rings is 1. The van der Waals surface area contributed by atoms with Gasteiger partial charge in [-0.2, -0.15) is 0 Å². The fraction of sp³-hybridized carbons (Fsp3) is 0.400. The smallest absolute Gasteiger partial charge is 0.326 e. The molecule has 0 saturated carbocycles. The van der Waals surface area contributed by atoms with Crippen molar-refractivity contribution in [2.24, 2.45) is 0 Å². The topological polar surface area (TPSA) is 144 Å². The highest BCUT2D eigenvalue weighted by Crippen LogP contribution is 2.06. The Bertz CT molecular complexity index is 760. The molecule has 0 aliphatic carbocycles. The van der Waals surface area contributed by atoms with Gasteiger partial charge in [0.2, 0.25) is 5.91 Å². The Balaban J connectivity index is 2.03. The van der Waals surface area contributed by atoms with E-state index in [2.05, 4.69) is 20.8 Å². The van der Waals surface area contributed by atoms with Crippen LogP contribution in [0, 0.1) is 6.92 Å². The number of hydrogen-bond donors (Lipinski definition) is 3. The number of aryl methyl sites for hydroxylation is 1. The highest BCUT2D eigenvalue weighted by atomic mass is 32.1. The first-order chi connectivity index (χ1) is 12.4. The Hall–Kier alpha value is -2.79. The van der Waals surface area contributed by atoms with Gasteiger partial charge in [0.05, 0.1) is 17.8 Å². The van der Waals surface area contributed by atoms with E-state index in [-0.39, 0.29) is 18.7 Å². The summed E-state index contributed by atoms with van der Waals surface area (Å²) in [5.74, 6) is -2.09. The highest BCUT2D eigenvalue weighted by Gasteiger charge is 2.28. The number of nitrogens with zero attached hydrogens (tertiary/aromatic N) is 2. The number of carbonyl (C=O) groups excluding carboxylic acids is 2. The first-order valence-electron chi connectivity index (χ1n) is 7.54. The number of carboxylic acids is 1. The fourth-order valence-electron chi connectivity index (χ4n) is 2.08. The van der Waals surface area contributed by atoms with Gasteiger partial charge >= 0.3 is 5.97 Å². The Kier molecular flexibility index (Phi) is 6.81. The molecule has 140 valence electrons. The molecule has 2 aromatic heterocycles. The Labute approximate surface area is 152 Å². The fourth-order valence-corrected chi connectivity index (χ4v) is 2.65. The van der Waals surface area contributed by atoms with Gasteiger partial charge in [-0.05, 0) is 6.92 Å². The van der Waals surface area contributed by atoms with Crippen LogP contribution in [-0.2, 0) is 20.7 Å². The number of aliphatic carboxylic acids is 1. The largest absolute Gasteiger partial charge is 0.480 e. The van der Waals surface area contributed by atoms with E-state index in [0.717, 1.165) is 0 Å². The molecule has 0 fully saturated rings. The molecule has 0 aliphatic rings. The number of aromatic nitrogens is 2. The van der Waals surface area contributed by atoms with Gasteiger partial charge in [-0.25, -0.2) is 9.78 Å². The maximum atomic E-state index is 12.4. The number of carbonyl (C=O) groups is 3. The monoisotopic (exact) mass is 382 g/mol. The Morgan fingerprint density at radius 1 is 1.35 bits per heavy atom. The van der Waals surface area contributed by atoms with Crippen molar-refractivity contribution in [2.75, 3.05) is 13.7 Å². The van der Waals surface area contributed by atoms with Crippen LogP contribution in [-0.4, -0.2) is 58.8 Å². The number of rotatable bonds is 9. The quantitative estimate of drug-likeness (QED) is 0.550. The number of carboxylic acid groups (broad SMARTS) is 1. The number of ether oxygens (including phenoxy) is 1. The molecule has 10 nitrogen and oxygen atoms in total. The minimum Gasteiger partial charge on any atom is -0.480 e.